The topological polar surface area (TPSA) is 40.7 Å². The molecule has 3 nitrogen and oxygen atoms in total. The minimum Gasteiger partial charge on any atom is -0.369 e. The molecule has 0 fully saturated rings. The molecule has 2 aromatic heterocycles. The maximum absolute atomic E-state index is 5.85. The summed E-state index contributed by atoms with van der Waals surface area (Å²) in [6.07, 6.45) is 0. The molecular formula is C9H10ClN3S. The summed E-state index contributed by atoms with van der Waals surface area (Å²) in [7, 11) is 0. The number of hydrogen-bond acceptors (Lipinski definition) is 3. The lowest BCUT2D eigenvalue weighted by atomic mass is 10.2. The van der Waals surface area contributed by atoms with Crippen molar-refractivity contribution in [2.75, 3.05) is 11.9 Å². The molecule has 2 aromatic rings. The van der Waals surface area contributed by atoms with Crippen LogP contribution in [-0.4, -0.2) is 16.7 Å². The highest BCUT2D eigenvalue weighted by atomic mass is 35.5. The van der Waals surface area contributed by atoms with E-state index in [9.17, 15) is 0 Å². The molecule has 0 aliphatic carbocycles. The standard InChI is InChI=1S/C9H10ClN3S/c1-2-11-9-4-7(12-13-9)6-3-8(10)14-5-6/h3-5H,2H2,1H3,(H2,11,12,13). The van der Waals surface area contributed by atoms with Crippen molar-refractivity contribution in [1.82, 2.24) is 10.2 Å². The Kier molecular flexibility index (Phi) is 2.74. The van der Waals surface area contributed by atoms with E-state index in [0.29, 0.717) is 0 Å². The van der Waals surface area contributed by atoms with Crippen LogP contribution in [0.15, 0.2) is 17.5 Å². The Morgan fingerprint density at radius 2 is 2.43 bits per heavy atom. The predicted molar refractivity (Wildman–Crippen MR) is 61.1 cm³/mol. The highest BCUT2D eigenvalue weighted by molar-refractivity contribution is 7.14. The van der Waals surface area contributed by atoms with Gasteiger partial charge < -0.3 is 5.32 Å². The molecule has 0 radical (unpaired) electrons. The fourth-order valence-electron chi connectivity index (χ4n) is 1.19. The number of thiophene rings is 1. The van der Waals surface area contributed by atoms with Crippen molar-refractivity contribution < 1.29 is 0 Å². The number of rotatable bonds is 3. The zero-order valence-corrected chi connectivity index (χ0v) is 9.25. The molecule has 0 aliphatic rings. The Bertz CT molecular complexity index is 421. The van der Waals surface area contributed by atoms with Crippen molar-refractivity contribution in [1.29, 1.82) is 0 Å². The maximum atomic E-state index is 5.85. The first kappa shape index (κ1) is 9.55. The molecule has 0 saturated carbocycles. The molecular weight excluding hydrogens is 218 g/mol. The normalized spacial score (nSPS) is 10.4. The largest absolute Gasteiger partial charge is 0.369 e. The Morgan fingerprint density at radius 1 is 1.57 bits per heavy atom. The molecule has 2 N–H and O–H groups in total. The van der Waals surface area contributed by atoms with E-state index in [1.54, 1.807) is 0 Å². The number of aromatic amines is 1. The van der Waals surface area contributed by atoms with Gasteiger partial charge in [0.15, 0.2) is 0 Å². The number of nitrogens with zero attached hydrogens (tertiary/aromatic N) is 1. The van der Waals surface area contributed by atoms with E-state index in [1.165, 1.54) is 11.3 Å². The van der Waals surface area contributed by atoms with Gasteiger partial charge in [-0.25, -0.2) is 0 Å². The van der Waals surface area contributed by atoms with Gasteiger partial charge in [-0.05, 0) is 13.0 Å². The molecule has 0 saturated heterocycles. The average molecular weight is 228 g/mol. The molecule has 14 heavy (non-hydrogen) atoms. The first-order valence-electron chi connectivity index (χ1n) is 4.33. The molecule has 0 aromatic carbocycles. The van der Waals surface area contributed by atoms with Crippen LogP contribution in [0.2, 0.25) is 4.34 Å². The Morgan fingerprint density at radius 3 is 3.07 bits per heavy atom. The van der Waals surface area contributed by atoms with Crippen LogP contribution in [0.1, 0.15) is 6.92 Å². The Hall–Kier alpha value is -1.00. The van der Waals surface area contributed by atoms with Gasteiger partial charge in [-0.3, -0.25) is 5.10 Å². The molecule has 0 atom stereocenters. The van der Waals surface area contributed by atoms with Gasteiger partial charge in [0.1, 0.15) is 5.82 Å². The van der Waals surface area contributed by atoms with Crippen molar-refractivity contribution in [3.63, 3.8) is 0 Å². The van der Waals surface area contributed by atoms with Crippen molar-refractivity contribution in [3.8, 4) is 11.3 Å². The minimum absolute atomic E-state index is 0.791. The van der Waals surface area contributed by atoms with E-state index in [0.717, 1.165) is 28.0 Å². The van der Waals surface area contributed by atoms with Gasteiger partial charge in [0.05, 0.1) is 10.0 Å². The van der Waals surface area contributed by atoms with Crippen LogP contribution in [0.4, 0.5) is 5.82 Å². The number of hydrogen-bond donors (Lipinski definition) is 2. The summed E-state index contributed by atoms with van der Waals surface area (Å²) in [5, 5.41) is 12.2. The number of halogens is 1. The van der Waals surface area contributed by atoms with Gasteiger partial charge in [0, 0.05) is 23.6 Å². The first-order valence-corrected chi connectivity index (χ1v) is 5.59. The van der Waals surface area contributed by atoms with Gasteiger partial charge in [-0.2, -0.15) is 5.10 Å². The number of aromatic nitrogens is 2. The first-order chi connectivity index (χ1) is 6.79. The van der Waals surface area contributed by atoms with E-state index in [2.05, 4.69) is 15.5 Å². The summed E-state index contributed by atoms with van der Waals surface area (Å²) in [5.41, 5.74) is 2.07. The van der Waals surface area contributed by atoms with Crippen LogP contribution in [-0.2, 0) is 0 Å². The monoisotopic (exact) mass is 227 g/mol. The van der Waals surface area contributed by atoms with E-state index < -0.39 is 0 Å². The molecule has 0 unspecified atom stereocenters. The molecule has 2 rings (SSSR count). The predicted octanol–water partition coefficient (Wildman–Crippen LogP) is 3.22. The molecule has 74 valence electrons. The number of nitrogens with one attached hydrogen (secondary N) is 2. The second-order valence-electron chi connectivity index (χ2n) is 2.84. The average Bonchev–Trinajstić information content (AvgIpc) is 2.74. The van der Waals surface area contributed by atoms with Crippen molar-refractivity contribution in [2.24, 2.45) is 0 Å². The van der Waals surface area contributed by atoms with Gasteiger partial charge in [0.2, 0.25) is 0 Å². The third kappa shape index (κ3) is 1.91. The summed E-state index contributed by atoms with van der Waals surface area (Å²) in [5.74, 6) is 0.866. The summed E-state index contributed by atoms with van der Waals surface area (Å²) in [4.78, 5) is 0. The Labute approximate surface area is 91.1 Å². The lowest BCUT2D eigenvalue weighted by Crippen LogP contribution is -1.95. The smallest absolute Gasteiger partial charge is 0.148 e. The second kappa shape index (κ2) is 4.02. The summed E-state index contributed by atoms with van der Waals surface area (Å²) < 4.78 is 0.791. The zero-order valence-electron chi connectivity index (χ0n) is 7.67. The van der Waals surface area contributed by atoms with E-state index in [4.69, 9.17) is 11.6 Å². The van der Waals surface area contributed by atoms with Gasteiger partial charge >= 0.3 is 0 Å². The lowest BCUT2D eigenvalue weighted by Gasteiger charge is -1.92. The van der Waals surface area contributed by atoms with Crippen LogP contribution in [0.5, 0.6) is 0 Å². The third-order valence-electron chi connectivity index (χ3n) is 1.81. The van der Waals surface area contributed by atoms with Crippen molar-refractivity contribution >= 4 is 28.8 Å². The third-order valence-corrected chi connectivity index (χ3v) is 2.91. The molecule has 0 aliphatic heterocycles. The fourth-order valence-corrected chi connectivity index (χ4v) is 2.07. The number of H-pyrrole nitrogens is 1. The quantitative estimate of drug-likeness (QED) is 0.845. The molecule has 5 heteroatoms. The minimum atomic E-state index is 0.791. The summed E-state index contributed by atoms with van der Waals surface area (Å²) in [6, 6.07) is 3.90. The van der Waals surface area contributed by atoms with Crippen LogP contribution in [0.3, 0.4) is 0 Å². The van der Waals surface area contributed by atoms with Crippen LogP contribution < -0.4 is 5.32 Å². The SMILES string of the molecule is CCNc1cc(-c2csc(Cl)c2)[nH]n1. The molecule has 0 bridgehead atoms. The van der Waals surface area contributed by atoms with Crippen LogP contribution in [0.25, 0.3) is 11.3 Å². The van der Waals surface area contributed by atoms with Crippen molar-refractivity contribution in [2.45, 2.75) is 6.92 Å². The Balaban J connectivity index is 2.24. The van der Waals surface area contributed by atoms with Crippen molar-refractivity contribution in [3.05, 3.63) is 21.8 Å². The van der Waals surface area contributed by atoms with E-state index in [-0.39, 0.29) is 0 Å². The van der Waals surface area contributed by atoms with Crippen LogP contribution in [0, 0.1) is 0 Å². The van der Waals surface area contributed by atoms with Gasteiger partial charge in [-0.1, -0.05) is 11.6 Å². The molecule has 0 amide bonds. The summed E-state index contributed by atoms with van der Waals surface area (Å²) in [6.45, 7) is 2.91. The molecule has 0 spiro atoms. The second-order valence-corrected chi connectivity index (χ2v) is 4.38. The number of anilines is 1. The van der Waals surface area contributed by atoms with Crippen LogP contribution >= 0.6 is 22.9 Å². The van der Waals surface area contributed by atoms with Gasteiger partial charge in [-0.15, -0.1) is 11.3 Å². The lowest BCUT2D eigenvalue weighted by molar-refractivity contribution is 1.07. The van der Waals surface area contributed by atoms with E-state index in [1.807, 2.05) is 24.4 Å². The maximum Gasteiger partial charge on any atom is 0.148 e. The zero-order chi connectivity index (χ0) is 9.97. The summed E-state index contributed by atoms with van der Waals surface area (Å²) >= 11 is 7.37. The van der Waals surface area contributed by atoms with Gasteiger partial charge in [0.25, 0.3) is 0 Å². The molecule has 2 heterocycles. The fraction of sp³-hybridized carbons (Fsp3) is 0.222. The highest BCUT2D eigenvalue weighted by Gasteiger charge is 2.04. The highest BCUT2D eigenvalue weighted by Crippen LogP contribution is 2.28. The van der Waals surface area contributed by atoms with E-state index >= 15 is 0 Å².